The van der Waals surface area contributed by atoms with Crippen molar-refractivity contribution >= 4 is 34.0 Å². The van der Waals surface area contributed by atoms with Gasteiger partial charge in [0.25, 0.3) is 11.6 Å². The molecule has 3 rings (SSSR count). The number of non-ortho nitro benzene ring substituents is 1. The van der Waals surface area contributed by atoms with Crippen molar-refractivity contribution in [1.82, 2.24) is 0 Å². The van der Waals surface area contributed by atoms with E-state index in [2.05, 4.69) is 5.32 Å². The van der Waals surface area contributed by atoms with Crippen LogP contribution in [0.25, 0.3) is 10.8 Å². The molecule has 142 valence electrons. The van der Waals surface area contributed by atoms with E-state index < -0.39 is 23.4 Å². The number of hydrogen-bond acceptors (Lipinski definition) is 6. The molecule has 1 amide bonds. The normalized spacial score (nSPS) is 10.3. The van der Waals surface area contributed by atoms with E-state index in [4.69, 9.17) is 9.47 Å². The van der Waals surface area contributed by atoms with Gasteiger partial charge in [0.2, 0.25) is 0 Å². The maximum absolute atomic E-state index is 12.4. The fourth-order valence-corrected chi connectivity index (χ4v) is 2.62. The minimum atomic E-state index is -0.693. The second kappa shape index (κ2) is 8.17. The SMILES string of the molecule is COc1cc2ccccc2cc1C(=O)OCC(=O)Nc1ccc([N+](=O)[O-])cc1. The van der Waals surface area contributed by atoms with E-state index in [1.807, 2.05) is 24.3 Å². The third-order valence-electron chi connectivity index (χ3n) is 3.98. The van der Waals surface area contributed by atoms with Crippen molar-refractivity contribution in [1.29, 1.82) is 0 Å². The minimum absolute atomic E-state index is 0.0900. The average molecular weight is 380 g/mol. The highest BCUT2D eigenvalue weighted by Gasteiger charge is 2.17. The summed E-state index contributed by atoms with van der Waals surface area (Å²) in [5.41, 5.74) is 0.479. The Bertz CT molecular complexity index is 1050. The van der Waals surface area contributed by atoms with Gasteiger partial charge in [-0.2, -0.15) is 0 Å². The van der Waals surface area contributed by atoms with Gasteiger partial charge in [0.05, 0.1) is 12.0 Å². The van der Waals surface area contributed by atoms with E-state index in [1.54, 1.807) is 12.1 Å². The number of nitrogens with one attached hydrogen (secondary N) is 1. The minimum Gasteiger partial charge on any atom is -0.496 e. The zero-order valence-electron chi connectivity index (χ0n) is 14.9. The molecule has 0 heterocycles. The van der Waals surface area contributed by atoms with Gasteiger partial charge in [-0.1, -0.05) is 24.3 Å². The van der Waals surface area contributed by atoms with E-state index in [0.29, 0.717) is 11.4 Å². The fourth-order valence-electron chi connectivity index (χ4n) is 2.62. The summed E-state index contributed by atoms with van der Waals surface area (Å²) in [6.45, 7) is -0.508. The number of nitrogens with zero attached hydrogens (tertiary/aromatic N) is 1. The molecular formula is C20H16N2O6. The summed E-state index contributed by atoms with van der Waals surface area (Å²) in [7, 11) is 1.45. The van der Waals surface area contributed by atoms with Crippen molar-refractivity contribution < 1.29 is 24.0 Å². The second-order valence-electron chi connectivity index (χ2n) is 5.83. The number of fused-ring (bicyclic) bond motifs is 1. The number of carbonyl (C=O) groups excluding carboxylic acids is 2. The maximum atomic E-state index is 12.4. The Labute approximate surface area is 159 Å². The van der Waals surface area contributed by atoms with Crippen LogP contribution in [-0.2, 0) is 9.53 Å². The van der Waals surface area contributed by atoms with Crippen LogP contribution >= 0.6 is 0 Å². The van der Waals surface area contributed by atoms with Crippen LogP contribution in [0.15, 0.2) is 60.7 Å². The molecule has 28 heavy (non-hydrogen) atoms. The molecule has 0 atom stereocenters. The first kappa shape index (κ1) is 18.8. The van der Waals surface area contributed by atoms with Crippen LogP contribution in [0.1, 0.15) is 10.4 Å². The van der Waals surface area contributed by atoms with E-state index in [0.717, 1.165) is 10.8 Å². The lowest BCUT2D eigenvalue weighted by Gasteiger charge is -2.11. The van der Waals surface area contributed by atoms with Crippen LogP contribution in [-0.4, -0.2) is 30.5 Å². The number of rotatable bonds is 6. The third-order valence-corrected chi connectivity index (χ3v) is 3.98. The molecule has 0 radical (unpaired) electrons. The highest BCUT2D eigenvalue weighted by molar-refractivity contribution is 6.00. The Hall–Kier alpha value is -3.94. The van der Waals surface area contributed by atoms with Gasteiger partial charge in [-0.25, -0.2) is 4.79 Å². The quantitative estimate of drug-likeness (QED) is 0.398. The lowest BCUT2D eigenvalue weighted by atomic mass is 10.1. The largest absolute Gasteiger partial charge is 0.496 e. The van der Waals surface area contributed by atoms with Crippen LogP contribution in [0, 0.1) is 10.1 Å². The number of carbonyl (C=O) groups is 2. The van der Waals surface area contributed by atoms with Crippen LogP contribution in [0.4, 0.5) is 11.4 Å². The van der Waals surface area contributed by atoms with Crippen molar-refractivity contribution in [2.45, 2.75) is 0 Å². The molecule has 0 spiro atoms. The second-order valence-corrected chi connectivity index (χ2v) is 5.83. The smallest absolute Gasteiger partial charge is 0.342 e. The Balaban J connectivity index is 1.65. The maximum Gasteiger partial charge on any atom is 0.342 e. The van der Waals surface area contributed by atoms with E-state index in [1.165, 1.54) is 31.4 Å². The number of nitro benzene ring substituents is 1. The summed E-state index contributed by atoms with van der Waals surface area (Å²) >= 11 is 0. The number of hydrogen-bond donors (Lipinski definition) is 1. The predicted octanol–water partition coefficient (Wildman–Crippen LogP) is 3.55. The molecule has 0 aromatic heterocycles. The van der Waals surface area contributed by atoms with Crippen LogP contribution in [0.2, 0.25) is 0 Å². The molecule has 8 heteroatoms. The Morgan fingerprint density at radius 1 is 1.04 bits per heavy atom. The molecule has 0 fully saturated rings. The summed E-state index contributed by atoms with van der Waals surface area (Å²) in [6.07, 6.45) is 0. The Morgan fingerprint density at radius 2 is 1.68 bits per heavy atom. The summed E-state index contributed by atoms with van der Waals surface area (Å²) in [5, 5.41) is 14.9. The number of nitro groups is 1. The highest BCUT2D eigenvalue weighted by Crippen LogP contribution is 2.26. The Morgan fingerprint density at radius 3 is 2.29 bits per heavy atom. The van der Waals surface area contributed by atoms with Crippen molar-refractivity contribution in [2.24, 2.45) is 0 Å². The van der Waals surface area contributed by atoms with Gasteiger partial charge in [0.1, 0.15) is 11.3 Å². The lowest BCUT2D eigenvalue weighted by molar-refractivity contribution is -0.384. The molecule has 0 aliphatic heterocycles. The number of benzene rings is 3. The number of amides is 1. The Kier molecular flexibility index (Phi) is 5.50. The molecule has 0 bridgehead atoms. The molecule has 3 aromatic carbocycles. The van der Waals surface area contributed by atoms with Crippen LogP contribution < -0.4 is 10.1 Å². The topological polar surface area (TPSA) is 108 Å². The zero-order valence-corrected chi connectivity index (χ0v) is 14.9. The third kappa shape index (κ3) is 4.24. The molecule has 0 aliphatic rings. The lowest BCUT2D eigenvalue weighted by Crippen LogP contribution is -2.21. The molecule has 0 unspecified atom stereocenters. The zero-order chi connectivity index (χ0) is 20.1. The number of esters is 1. The molecule has 8 nitrogen and oxygen atoms in total. The standard InChI is InChI=1S/C20H16N2O6/c1-27-18-11-14-5-3-2-4-13(14)10-17(18)20(24)28-12-19(23)21-15-6-8-16(9-7-15)22(25)26/h2-11H,12H2,1H3,(H,21,23). The number of ether oxygens (including phenoxy) is 2. The summed E-state index contributed by atoms with van der Waals surface area (Å²) < 4.78 is 10.3. The fraction of sp³-hybridized carbons (Fsp3) is 0.100. The van der Waals surface area contributed by atoms with Crippen molar-refractivity contribution in [2.75, 3.05) is 19.0 Å². The van der Waals surface area contributed by atoms with Crippen molar-refractivity contribution in [3.05, 3.63) is 76.3 Å². The van der Waals surface area contributed by atoms with Gasteiger partial charge in [-0.15, -0.1) is 0 Å². The average Bonchev–Trinajstić information content (AvgIpc) is 2.71. The van der Waals surface area contributed by atoms with Crippen LogP contribution in [0.3, 0.4) is 0 Å². The molecule has 1 N–H and O–H groups in total. The molecule has 0 aliphatic carbocycles. The van der Waals surface area contributed by atoms with Gasteiger partial charge in [-0.3, -0.25) is 14.9 Å². The molecular weight excluding hydrogens is 364 g/mol. The van der Waals surface area contributed by atoms with Gasteiger partial charge < -0.3 is 14.8 Å². The summed E-state index contributed by atoms with van der Waals surface area (Å²) in [6, 6.07) is 16.2. The number of anilines is 1. The van der Waals surface area contributed by atoms with Gasteiger partial charge in [-0.05, 0) is 35.0 Å². The molecule has 3 aromatic rings. The number of methoxy groups -OCH3 is 1. The monoisotopic (exact) mass is 380 g/mol. The van der Waals surface area contributed by atoms with Crippen LogP contribution in [0.5, 0.6) is 5.75 Å². The highest BCUT2D eigenvalue weighted by atomic mass is 16.6. The summed E-state index contributed by atoms with van der Waals surface area (Å²) in [4.78, 5) is 34.5. The first-order valence-electron chi connectivity index (χ1n) is 8.26. The van der Waals surface area contributed by atoms with E-state index >= 15 is 0 Å². The first-order chi connectivity index (χ1) is 13.5. The van der Waals surface area contributed by atoms with E-state index in [9.17, 15) is 19.7 Å². The van der Waals surface area contributed by atoms with Crippen molar-refractivity contribution in [3.8, 4) is 5.75 Å². The van der Waals surface area contributed by atoms with Gasteiger partial charge in [0.15, 0.2) is 6.61 Å². The van der Waals surface area contributed by atoms with Gasteiger partial charge in [0, 0.05) is 17.8 Å². The summed E-state index contributed by atoms with van der Waals surface area (Å²) in [5.74, 6) is -0.914. The van der Waals surface area contributed by atoms with Crippen molar-refractivity contribution in [3.63, 3.8) is 0 Å². The van der Waals surface area contributed by atoms with E-state index in [-0.39, 0.29) is 11.3 Å². The predicted molar refractivity (Wildman–Crippen MR) is 103 cm³/mol. The molecule has 0 saturated heterocycles. The first-order valence-corrected chi connectivity index (χ1v) is 8.26. The van der Waals surface area contributed by atoms with Gasteiger partial charge >= 0.3 is 5.97 Å². The molecule has 0 saturated carbocycles.